The predicted molar refractivity (Wildman–Crippen MR) is 128 cm³/mol. The third kappa shape index (κ3) is 4.09. The summed E-state index contributed by atoms with van der Waals surface area (Å²) in [4.78, 5) is 7.86. The first-order valence-electron chi connectivity index (χ1n) is 10.1. The van der Waals surface area contributed by atoms with Crippen molar-refractivity contribution in [2.75, 3.05) is 4.90 Å². The van der Waals surface area contributed by atoms with Crippen LogP contribution in [0, 0.1) is 6.92 Å². The highest BCUT2D eigenvalue weighted by Gasteiger charge is 2.42. The van der Waals surface area contributed by atoms with Crippen LogP contribution >= 0.6 is 24.0 Å². The topological polar surface area (TPSA) is 41.3 Å². The van der Waals surface area contributed by atoms with Crippen LogP contribution < -0.4 is 10.2 Å². The van der Waals surface area contributed by atoms with Crippen molar-refractivity contribution in [3.63, 3.8) is 0 Å². The zero-order valence-electron chi connectivity index (χ0n) is 16.9. The van der Waals surface area contributed by atoms with Crippen molar-refractivity contribution in [1.29, 1.82) is 0 Å². The van der Waals surface area contributed by atoms with Gasteiger partial charge in [0, 0.05) is 16.8 Å². The van der Waals surface area contributed by atoms with Gasteiger partial charge in [-0.25, -0.2) is 0 Å². The summed E-state index contributed by atoms with van der Waals surface area (Å²) < 4.78 is 6.34. The first-order valence-corrected chi connectivity index (χ1v) is 11.3. The molecule has 1 saturated heterocycles. The third-order valence-corrected chi connectivity index (χ3v) is 6.51. The van der Waals surface area contributed by atoms with Crippen molar-refractivity contribution in [2.45, 2.75) is 29.0 Å². The molecule has 4 aromatic rings. The van der Waals surface area contributed by atoms with Gasteiger partial charge in [0.05, 0.1) is 11.7 Å². The Balaban J connectivity index is 1.53. The molecule has 0 aliphatic carbocycles. The van der Waals surface area contributed by atoms with Crippen LogP contribution in [-0.2, 0) is 0 Å². The Bertz CT molecular complexity index is 1180. The first-order chi connectivity index (χ1) is 15.2. The van der Waals surface area contributed by atoms with Gasteiger partial charge in [0.25, 0.3) is 0 Å². The maximum Gasteiger partial charge on any atom is 0.174 e. The minimum atomic E-state index is -0.143. The van der Waals surface area contributed by atoms with E-state index < -0.39 is 0 Å². The van der Waals surface area contributed by atoms with Gasteiger partial charge >= 0.3 is 0 Å². The molecule has 0 radical (unpaired) electrons. The molecule has 2 atom stereocenters. The van der Waals surface area contributed by atoms with Crippen molar-refractivity contribution in [2.24, 2.45) is 0 Å². The second-order valence-electron chi connectivity index (χ2n) is 7.40. The molecule has 0 spiro atoms. The second kappa shape index (κ2) is 8.57. The van der Waals surface area contributed by atoms with Crippen LogP contribution in [0.1, 0.15) is 29.1 Å². The van der Waals surface area contributed by atoms with E-state index in [0.717, 1.165) is 27.1 Å². The highest BCUT2D eigenvalue weighted by molar-refractivity contribution is 7.99. The van der Waals surface area contributed by atoms with E-state index in [1.165, 1.54) is 5.56 Å². The quantitative estimate of drug-likeness (QED) is 0.365. The van der Waals surface area contributed by atoms with Crippen LogP contribution in [-0.4, -0.2) is 10.1 Å². The molecule has 4 nitrogen and oxygen atoms in total. The standard InChI is InChI=1S/C25H21N3OS2/c1-17-10-12-18(13-11-17)28-24(23(27-25(28)30)20-9-5-6-16-26-20)21-14-15-22(29-21)31-19-7-3-2-4-8-19/h2-16,23-24H,1H3,(H,27,30)/t23-,24-/m1/s1. The minimum absolute atomic E-state index is 0.115. The minimum Gasteiger partial charge on any atom is -0.452 e. The van der Waals surface area contributed by atoms with Crippen molar-refractivity contribution >= 4 is 34.8 Å². The highest BCUT2D eigenvalue weighted by atomic mass is 32.2. The van der Waals surface area contributed by atoms with Crippen LogP contribution in [0.3, 0.4) is 0 Å². The summed E-state index contributed by atoms with van der Waals surface area (Å²) in [6, 6.07) is 28.4. The third-order valence-electron chi connectivity index (χ3n) is 5.27. The Morgan fingerprint density at radius 1 is 0.935 bits per heavy atom. The van der Waals surface area contributed by atoms with Crippen molar-refractivity contribution < 1.29 is 4.42 Å². The average Bonchev–Trinajstić information content (AvgIpc) is 3.40. The number of aryl methyl sites for hydroxylation is 1. The number of hydrogen-bond acceptors (Lipinski definition) is 4. The molecule has 1 fully saturated rings. The maximum absolute atomic E-state index is 6.34. The van der Waals surface area contributed by atoms with Gasteiger partial charge in [-0.3, -0.25) is 4.98 Å². The van der Waals surface area contributed by atoms with E-state index in [-0.39, 0.29) is 12.1 Å². The number of rotatable bonds is 5. The smallest absolute Gasteiger partial charge is 0.174 e. The lowest BCUT2D eigenvalue weighted by molar-refractivity contribution is 0.383. The van der Waals surface area contributed by atoms with E-state index in [9.17, 15) is 0 Å². The highest BCUT2D eigenvalue weighted by Crippen LogP contribution is 2.43. The van der Waals surface area contributed by atoms with E-state index in [0.29, 0.717) is 5.11 Å². The lowest BCUT2D eigenvalue weighted by Gasteiger charge is -2.26. The Morgan fingerprint density at radius 3 is 2.45 bits per heavy atom. The van der Waals surface area contributed by atoms with Crippen LogP contribution in [0.15, 0.2) is 106 Å². The van der Waals surface area contributed by atoms with E-state index in [1.54, 1.807) is 11.8 Å². The van der Waals surface area contributed by atoms with Gasteiger partial charge in [-0.05, 0) is 67.7 Å². The van der Waals surface area contributed by atoms with Gasteiger partial charge in [0.15, 0.2) is 10.2 Å². The number of benzene rings is 2. The van der Waals surface area contributed by atoms with Crippen molar-refractivity contribution in [3.8, 4) is 0 Å². The van der Waals surface area contributed by atoms with Gasteiger partial charge in [-0.15, -0.1) is 0 Å². The largest absolute Gasteiger partial charge is 0.452 e. The predicted octanol–water partition coefficient (Wildman–Crippen LogP) is 6.31. The fraction of sp³-hybridized carbons (Fsp3) is 0.120. The molecule has 1 aliphatic rings. The summed E-state index contributed by atoms with van der Waals surface area (Å²) in [6.45, 7) is 2.08. The average molecular weight is 444 g/mol. The molecule has 1 N–H and O–H groups in total. The summed E-state index contributed by atoms with van der Waals surface area (Å²) in [6.07, 6.45) is 1.81. The van der Waals surface area contributed by atoms with Gasteiger partial charge in [-0.1, -0.05) is 53.7 Å². The molecule has 0 amide bonds. The number of anilines is 1. The van der Waals surface area contributed by atoms with Crippen molar-refractivity contribution in [3.05, 3.63) is 108 Å². The Kier molecular flexibility index (Phi) is 5.49. The van der Waals surface area contributed by atoms with Gasteiger partial charge in [0.1, 0.15) is 11.8 Å². The normalized spacial score (nSPS) is 18.2. The van der Waals surface area contributed by atoms with E-state index in [4.69, 9.17) is 16.6 Å². The summed E-state index contributed by atoms with van der Waals surface area (Å²) in [5.41, 5.74) is 3.16. The molecule has 154 valence electrons. The van der Waals surface area contributed by atoms with Gasteiger partial charge in [-0.2, -0.15) is 0 Å². The number of thiocarbonyl (C=S) groups is 1. The number of furan rings is 1. The number of aromatic nitrogens is 1. The fourth-order valence-corrected chi connectivity index (χ4v) is 4.93. The van der Waals surface area contributed by atoms with Crippen LogP contribution in [0.25, 0.3) is 0 Å². The van der Waals surface area contributed by atoms with E-state index in [2.05, 4.69) is 58.5 Å². The molecular formula is C25H21N3OS2. The summed E-state index contributed by atoms with van der Waals surface area (Å²) in [5, 5.41) is 4.98. The molecule has 0 unspecified atom stereocenters. The SMILES string of the molecule is Cc1ccc(N2C(=S)N[C@H](c3ccccn3)[C@H]2c2ccc(Sc3ccccc3)o2)cc1. The zero-order valence-corrected chi connectivity index (χ0v) is 18.6. The van der Waals surface area contributed by atoms with Crippen LogP contribution in [0.5, 0.6) is 0 Å². The monoisotopic (exact) mass is 443 g/mol. The Hall–Kier alpha value is -3.09. The number of nitrogens with zero attached hydrogens (tertiary/aromatic N) is 2. The molecule has 5 rings (SSSR count). The molecule has 2 aromatic carbocycles. The lowest BCUT2D eigenvalue weighted by atomic mass is 10.0. The maximum atomic E-state index is 6.34. The molecule has 6 heteroatoms. The molecule has 0 bridgehead atoms. The second-order valence-corrected chi connectivity index (χ2v) is 8.87. The lowest BCUT2D eigenvalue weighted by Crippen LogP contribution is -2.29. The number of nitrogens with one attached hydrogen (secondary N) is 1. The fourth-order valence-electron chi connectivity index (χ4n) is 3.78. The summed E-state index contributed by atoms with van der Waals surface area (Å²) in [7, 11) is 0. The molecule has 2 aromatic heterocycles. The summed E-state index contributed by atoms with van der Waals surface area (Å²) >= 11 is 7.37. The first kappa shape index (κ1) is 19.8. The van der Waals surface area contributed by atoms with Crippen LogP contribution in [0.2, 0.25) is 0 Å². The van der Waals surface area contributed by atoms with E-state index >= 15 is 0 Å². The van der Waals surface area contributed by atoms with Crippen LogP contribution in [0.4, 0.5) is 5.69 Å². The zero-order chi connectivity index (χ0) is 21.2. The summed E-state index contributed by atoms with van der Waals surface area (Å²) in [5.74, 6) is 0.849. The molecule has 3 heterocycles. The molecule has 1 aliphatic heterocycles. The molecular weight excluding hydrogens is 422 g/mol. The van der Waals surface area contributed by atoms with Gasteiger partial charge < -0.3 is 14.6 Å². The van der Waals surface area contributed by atoms with E-state index in [1.807, 2.05) is 54.7 Å². The van der Waals surface area contributed by atoms with Gasteiger partial charge in [0.2, 0.25) is 0 Å². The number of pyridine rings is 1. The molecule has 31 heavy (non-hydrogen) atoms. The molecule has 0 saturated carbocycles. The van der Waals surface area contributed by atoms with Crippen molar-refractivity contribution in [1.82, 2.24) is 10.3 Å². The Labute approximate surface area is 191 Å². The number of hydrogen-bond donors (Lipinski definition) is 1. The Morgan fingerprint density at radius 2 is 1.71 bits per heavy atom.